The summed E-state index contributed by atoms with van der Waals surface area (Å²) in [5.74, 6) is -3.36. The number of ether oxygens (including phenoxy) is 2. The number of aliphatic hydroxyl groups excluding tert-OH is 1. The second-order valence-corrected chi connectivity index (χ2v) is 7.85. The molecule has 2 aromatic rings. The first-order valence-electron chi connectivity index (χ1n) is 10.6. The van der Waals surface area contributed by atoms with Crippen molar-refractivity contribution in [1.82, 2.24) is 9.80 Å². The van der Waals surface area contributed by atoms with Gasteiger partial charge in [-0.05, 0) is 35.9 Å². The van der Waals surface area contributed by atoms with Gasteiger partial charge in [0.25, 0.3) is 11.7 Å². The van der Waals surface area contributed by atoms with Crippen LogP contribution in [-0.2, 0) is 14.3 Å². The zero-order valence-electron chi connectivity index (χ0n) is 18.1. The monoisotopic (exact) mass is 458 g/mol. The van der Waals surface area contributed by atoms with Crippen LogP contribution in [0.3, 0.4) is 0 Å². The van der Waals surface area contributed by atoms with Gasteiger partial charge >= 0.3 is 0 Å². The standard InChI is InChI=1S/C24H24F2N2O5/c1-32-19-7-4-16(14-18(19)26)22(29)20-21(15-2-5-17(25)6-3-15)28(24(31)23(20)30)9-8-27-10-12-33-13-11-27/h2-7,14,21,29H,8-13H2,1H3/b22-20+. The third-order valence-corrected chi connectivity index (χ3v) is 5.91. The van der Waals surface area contributed by atoms with Crippen molar-refractivity contribution in [1.29, 1.82) is 0 Å². The molecule has 0 radical (unpaired) electrons. The first kappa shape index (κ1) is 22.9. The summed E-state index contributed by atoms with van der Waals surface area (Å²) < 4.78 is 38.1. The molecule has 0 bridgehead atoms. The van der Waals surface area contributed by atoms with E-state index in [1.165, 1.54) is 48.4 Å². The van der Waals surface area contributed by atoms with Crippen LogP contribution < -0.4 is 4.74 Å². The smallest absolute Gasteiger partial charge is 0.295 e. The topological polar surface area (TPSA) is 79.3 Å². The minimum atomic E-state index is -0.934. The number of aliphatic hydroxyl groups is 1. The fraction of sp³-hybridized carbons (Fsp3) is 0.333. The third-order valence-electron chi connectivity index (χ3n) is 5.91. The molecule has 0 spiro atoms. The maximum absolute atomic E-state index is 14.3. The zero-order chi connectivity index (χ0) is 23.5. The summed E-state index contributed by atoms with van der Waals surface area (Å²) in [4.78, 5) is 29.5. The second kappa shape index (κ2) is 9.68. The zero-order valence-corrected chi connectivity index (χ0v) is 18.1. The second-order valence-electron chi connectivity index (χ2n) is 7.85. The van der Waals surface area contributed by atoms with Crippen molar-refractivity contribution < 1.29 is 33.0 Å². The van der Waals surface area contributed by atoms with Crippen LogP contribution >= 0.6 is 0 Å². The summed E-state index contributed by atoms with van der Waals surface area (Å²) in [7, 11) is 1.31. The van der Waals surface area contributed by atoms with Crippen LogP contribution in [0.4, 0.5) is 8.78 Å². The van der Waals surface area contributed by atoms with Crippen molar-refractivity contribution in [3.05, 3.63) is 70.8 Å². The highest BCUT2D eigenvalue weighted by Crippen LogP contribution is 2.39. The fourth-order valence-corrected chi connectivity index (χ4v) is 4.15. The molecule has 2 aliphatic heterocycles. The van der Waals surface area contributed by atoms with E-state index in [1.54, 1.807) is 0 Å². The Morgan fingerprint density at radius 3 is 2.42 bits per heavy atom. The Hall–Kier alpha value is -3.30. The molecule has 0 aliphatic carbocycles. The number of hydrogen-bond acceptors (Lipinski definition) is 6. The van der Waals surface area contributed by atoms with Crippen LogP contribution in [0.2, 0.25) is 0 Å². The Morgan fingerprint density at radius 1 is 1.09 bits per heavy atom. The number of hydrogen-bond donors (Lipinski definition) is 1. The van der Waals surface area contributed by atoms with Crippen molar-refractivity contribution in [3.63, 3.8) is 0 Å². The van der Waals surface area contributed by atoms with Gasteiger partial charge in [-0.2, -0.15) is 0 Å². The number of carbonyl (C=O) groups excluding carboxylic acids is 2. The minimum Gasteiger partial charge on any atom is -0.507 e. The largest absolute Gasteiger partial charge is 0.507 e. The van der Waals surface area contributed by atoms with Gasteiger partial charge in [-0.15, -0.1) is 0 Å². The Balaban J connectivity index is 1.74. The van der Waals surface area contributed by atoms with Crippen molar-refractivity contribution in [2.75, 3.05) is 46.5 Å². The first-order chi connectivity index (χ1) is 15.9. The molecule has 1 N–H and O–H groups in total. The predicted octanol–water partition coefficient (Wildman–Crippen LogP) is 2.73. The Bertz CT molecular complexity index is 1080. The minimum absolute atomic E-state index is 0.0207. The van der Waals surface area contributed by atoms with E-state index in [9.17, 15) is 23.5 Å². The molecular weight excluding hydrogens is 434 g/mol. The van der Waals surface area contributed by atoms with Gasteiger partial charge in [0.2, 0.25) is 0 Å². The predicted molar refractivity (Wildman–Crippen MR) is 116 cm³/mol. The summed E-state index contributed by atoms with van der Waals surface area (Å²) in [6, 6.07) is 8.22. The summed E-state index contributed by atoms with van der Waals surface area (Å²) in [5.41, 5.74) is 0.331. The molecule has 2 aromatic carbocycles. The van der Waals surface area contributed by atoms with E-state index < -0.39 is 35.1 Å². The molecule has 0 aromatic heterocycles. The molecule has 174 valence electrons. The quantitative estimate of drug-likeness (QED) is 0.408. The van der Waals surface area contributed by atoms with Crippen LogP contribution in [0.15, 0.2) is 48.0 Å². The molecule has 2 heterocycles. The van der Waals surface area contributed by atoms with Gasteiger partial charge in [0.15, 0.2) is 11.6 Å². The molecule has 0 saturated carbocycles. The first-order valence-corrected chi connectivity index (χ1v) is 10.6. The van der Waals surface area contributed by atoms with Gasteiger partial charge in [-0.25, -0.2) is 8.78 Å². The number of halogens is 2. The number of amides is 1. The van der Waals surface area contributed by atoms with Gasteiger partial charge in [-0.1, -0.05) is 12.1 Å². The van der Waals surface area contributed by atoms with Gasteiger partial charge in [0.05, 0.1) is 31.9 Å². The number of nitrogens with zero attached hydrogens (tertiary/aromatic N) is 2. The molecule has 2 fully saturated rings. The van der Waals surface area contributed by atoms with Crippen LogP contribution in [-0.4, -0.2) is 73.1 Å². The number of benzene rings is 2. The van der Waals surface area contributed by atoms with Crippen molar-refractivity contribution in [2.45, 2.75) is 6.04 Å². The molecule has 2 saturated heterocycles. The normalized spacial score (nSPS) is 20.9. The summed E-state index contributed by atoms with van der Waals surface area (Å²) >= 11 is 0. The number of carbonyl (C=O) groups is 2. The number of morpholine rings is 1. The van der Waals surface area contributed by atoms with E-state index in [0.717, 1.165) is 6.07 Å². The molecule has 1 atom stereocenters. The molecular formula is C24H24F2N2O5. The van der Waals surface area contributed by atoms with Crippen LogP contribution in [0.25, 0.3) is 5.76 Å². The highest BCUT2D eigenvalue weighted by atomic mass is 19.1. The summed E-state index contributed by atoms with van der Waals surface area (Å²) in [6.07, 6.45) is 0. The summed E-state index contributed by atoms with van der Waals surface area (Å²) in [5, 5.41) is 11.0. The van der Waals surface area contributed by atoms with Gasteiger partial charge in [-0.3, -0.25) is 14.5 Å². The maximum atomic E-state index is 14.3. The van der Waals surface area contributed by atoms with Gasteiger partial charge in [0, 0.05) is 31.7 Å². The van der Waals surface area contributed by atoms with E-state index in [1.807, 2.05) is 0 Å². The maximum Gasteiger partial charge on any atom is 0.295 e. The average Bonchev–Trinajstić information content (AvgIpc) is 3.08. The van der Waals surface area contributed by atoms with Crippen LogP contribution in [0, 0.1) is 11.6 Å². The van der Waals surface area contributed by atoms with E-state index in [-0.39, 0.29) is 23.4 Å². The molecule has 1 amide bonds. The highest BCUT2D eigenvalue weighted by Gasteiger charge is 2.46. The van der Waals surface area contributed by atoms with E-state index in [0.29, 0.717) is 38.4 Å². The molecule has 7 nitrogen and oxygen atoms in total. The fourth-order valence-electron chi connectivity index (χ4n) is 4.15. The lowest BCUT2D eigenvalue weighted by molar-refractivity contribution is -0.140. The number of likely N-dealkylation sites (tertiary alicyclic amines) is 1. The lowest BCUT2D eigenvalue weighted by atomic mass is 9.95. The Labute approximate surface area is 189 Å². The molecule has 33 heavy (non-hydrogen) atoms. The lowest BCUT2D eigenvalue weighted by Crippen LogP contribution is -2.42. The lowest BCUT2D eigenvalue weighted by Gasteiger charge is -2.31. The van der Waals surface area contributed by atoms with Gasteiger partial charge < -0.3 is 19.5 Å². The number of ketones is 1. The average molecular weight is 458 g/mol. The van der Waals surface area contributed by atoms with E-state index in [2.05, 4.69) is 4.90 Å². The van der Waals surface area contributed by atoms with Crippen LogP contribution in [0.5, 0.6) is 5.75 Å². The van der Waals surface area contributed by atoms with E-state index in [4.69, 9.17) is 9.47 Å². The Kier molecular flexibility index (Phi) is 6.71. The third kappa shape index (κ3) is 4.60. The number of rotatable bonds is 6. The number of Topliss-reactive ketones (excluding diaryl/α,β-unsaturated/α-hetero) is 1. The van der Waals surface area contributed by atoms with Gasteiger partial charge in [0.1, 0.15) is 11.6 Å². The summed E-state index contributed by atoms with van der Waals surface area (Å²) in [6.45, 7) is 3.31. The molecule has 2 aliphatic rings. The SMILES string of the molecule is COc1ccc(/C(O)=C2\C(=O)C(=O)N(CCN3CCOCC3)C2c2ccc(F)cc2)cc1F. The van der Waals surface area contributed by atoms with Crippen molar-refractivity contribution in [2.24, 2.45) is 0 Å². The molecule has 9 heteroatoms. The van der Waals surface area contributed by atoms with Crippen molar-refractivity contribution >= 4 is 17.4 Å². The molecule has 1 unspecified atom stereocenters. The molecule has 4 rings (SSSR count). The van der Waals surface area contributed by atoms with Crippen LogP contribution in [0.1, 0.15) is 17.2 Å². The van der Waals surface area contributed by atoms with Crippen molar-refractivity contribution in [3.8, 4) is 5.75 Å². The number of methoxy groups -OCH3 is 1. The highest BCUT2D eigenvalue weighted by molar-refractivity contribution is 6.46. The van der Waals surface area contributed by atoms with E-state index >= 15 is 0 Å². The Morgan fingerprint density at radius 2 is 1.79 bits per heavy atom.